The Hall–Kier alpha value is -1.60. The molecular formula is C19H30O6S. The number of benzene rings is 1. The van der Waals surface area contributed by atoms with Gasteiger partial charge >= 0.3 is 0 Å². The Morgan fingerprint density at radius 2 is 1.88 bits per heavy atom. The van der Waals surface area contributed by atoms with Gasteiger partial charge in [-0.25, -0.2) is 0 Å². The second-order valence-corrected chi connectivity index (χ2v) is 9.62. The van der Waals surface area contributed by atoms with Crippen LogP contribution in [0.15, 0.2) is 12.1 Å². The third-order valence-electron chi connectivity index (χ3n) is 3.81. The Morgan fingerprint density at radius 3 is 2.42 bits per heavy atom. The zero-order chi connectivity index (χ0) is 20.1. The van der Waals surface area contributed by atoms with Gasteiger partial charge in [0.2, 0.25) is 0 Å². The Labute approximate surface area is 156 Å². The van der Waals surface area contributed by atoms with Gasteiger partial charge in [0.15, 0.2) is 5.78 Å². The Morgan fingerprint density at radius 1 is 1.27 bits per heavy atom. The highest BCUT2D eigenvalue weighted by Gasteiger charge is 2.21. The maximum absolute atomic E-state index is 12.3. The fraction of sp³-hybridized carbons (Fsp3) is 0.632. The molecule has 1 rings (SSSR count). The van der Waals surface area contributed by atoms with Gasteiger partial charge in [0.25, 0.3) is 10.1 Å². The molecule has 1 unspecified atom stereocenters. The number of carbonyl (C=O) groups excluding carboxylic acids is 1. The molecule has 0 radical (unpaired) electrons. The minimum absolute atomic E-state index is 0.00580. The van der Waals surface area contributed by atoms with Gasteiger partial charge in [-0.1, -0.05) is 27.7 Å². The average molecular weight is 387 g/mol. The van der Waals surface area contributed by atoms with Crippen LogP contribution in [0.25, 0.3) is 0 Å². The second-order valence-electron chi connectivity index (χ2n) is 7.98. The van der Waals surface area contributed by atoms with Crippen molar-refractivity contribution < 1.29 is 27.2 Å². The topological polar surface area (TPSA) is 89.9 Å². The highest BCUT2D eigenvalue weighted by molar-refractivity contribution is 7.85. The van der Waals surface area contributed by atoms with Crippen LogP contribution in [0, 0.1) is 18.3 Å². The molecule has 1 aromatic rings. The lowest BCUT2D eigenvalue weighted by Gasteiger charge is -2.18. The van der Waals surface area contributed by atoms with E-state index in [4.69, 9.17) is 8.92 Å². The number of aromatic hydroxyl groups is 1. The molecule has 0 amide bonds. The lowest BCUT2D eigenvalue weighted by Crippen LogP contribution is -2.14. The molecule has 1 aromatic carbocycles. The summed E-state index contributed by atoms with van der Waals surface area (Å²) < 4.78 is 32.4. The van der Waals surface area contributed by atoms with Crippen molar-refractivity contribution in [2.45, 2.75) is 47.5 Å². The summed E-state index contributed by atoms with van der Waals surface area (Å²) in [6.45, 7) is 9.95. The number of ketones is 1. The van der Waals surface area contributed by atoms with E-state index in [1.165, 1.54) is 0 Å². The average Bonchev–Trinajstić information content (AvgIpc) is 2.47. The standard InChI is InChI=1S/C19H30O6S/c1-13(12-25-26(6,22)23)9-10-24-17-8-7-15(18(21)14(17)2)16(20)11-19(3,4)5/h7-8,13,21H,9-12H2,1-6H3. The van der Waals surface area contributed by atoms with E-state index in [-0.39, 0.29) is 29.5 Å². The summed E-state index contributed by atoms with van der Waals surface area (Å²) in [5.74, 6) is 0.360. The molecule has 6 nitrogen and oxygen atoms in total. The summed E-state index contributed by atoms with van der Waals surface area (Å²) in [6.07, 6.45) is 1.96. The van der Waals surface area contributed by atoms with E-state index in [0.717, 1.165) is 6.26 Å². The largest absolute Gasteiger partial charge is 0.507 e. The Kier molecular flexibility index (Phi) is 7.65. The lowest BCUT2D eigenvalue weighted by molar-refractivity contribution is 0.0937. The van der Waals surface area contributed by atoms with Gasteiger partial charge in [0, 0.05) is 12.0 Å². The summed E-state index contributed by atoms with van der Waals surface area (Å²) in [5, 5.41) is 10.3. The summed E-state index contributed by atoms with van der Waals surface area (Å²) in [6, 6.07) is 3.27. The molecule has 148 valence electrons. The van der Waals surface area contributed by atoms with Crippen molar-refractivity contribution >= 4 is 15.9 Å². The third-order valence-corrected chi connectivity index (χ3v) is 4.37. The van der Waals surface area contributed by atoms with E-state index in [2.05, 4.69) is 0 Å². The van der Waals surface area contributed by atoms with Crippen LogP contribution in [0.3, 0.4) is 0 Å². The van der Waals surface area contributed by atoms with Crippen LogP contribution in [-0.4, -0.2) is 38.8 Å². The van der Waals surface area contributed by atoms with Gasteiger partial charge in [-0.3, -0.25) is 8.98 Å². The zero-order valence-corrected chi connectivity index (χ0v) is 17.3. The third kappa shape index (κ3) is 7.74. The van der Waals surface area contributed by atoms with Crippen LogP contribution in [0.1, 0.15) is 56.5 Å². The van der Waals surface area contributed by atoms with Crippen LogP contribution in [0.2, 0.25) is 0 Å². The van der Waals surface area contributed by atoms with Crippen molar-refractivity contribution in [3.63, 3.8) is 0 Å². The van der Waals surface area contributed by atoms with Gasteiger partial charge in [-0.05, 0) is 36.8 Å². The molecule has 7 heteroatoms. The first-order chi connectivity index (χ1) is 11.8. The highest BCUT2D eigenvalue weighted by atomic mass is 32.2. The van der Waals surface area contributed by atoms with Gasteiger partial charge in [-0.15, -0.1) is 0 Å². The maximum atomic E-state index is 12.3. The fourth-order valence-electron chi connectivity index (χ4n) is 2.33. The van der Waals surface area contributed by atoms with E-state index in [0.29, 0.717) is 36.3 Å². The Balaban J connectivity index is 2.67. The monoisotopic (exact) mass is 386 g/mol. The van der Waals surface area contributed by atoms with Crippen LogP contribution in [0.5, 0.6) is 11.5 Å². The number of carbonyl (C=O) groups is 1. The van der Waals surface area contributed by atoms with Crippen molar-refractivity contribution in [1.29, 1.82) is 0 Å². The molecule has 0 aliphatic carbocycles. The number of phenolic OH excluding ortho intramolecular Hbond substituents is 1. The molecule has 1 N–H and O–H groups in total. The number of rotatable bonds is 9. The normalized spacial score (nSPS) is 13.5. The minimum Gasteiger partial charge on any atom is -0.507 e. The number of Topliss-reactive ketones (excluding diaryl/α,β-unsaturated/α-hetero) is 1. The smallest absolute Gasteiger partial charge is 0.264 e. The van der Waals surface area contributed by atoms with Crippen molar-refractivity contribution in [3.05, 3.63) is 23.3 Å². The summed E-state index contributed by atoms with van der Waals surface area (Å²) >= 11 is 0. The van der Waals surface area contributed by atoms with Gasteiger partial charge < -0.3 is 9.84 Å². The molecule has 1 atom stereocenters. The van der Waals surface area contributed by atoms with Crippen LogP contribution in [0.4, 0.5) is 0 Å². The molecule has 0 fully saturated rings. The molecule has 0 aromatic heterocycles. The van der Waals surface area contributed by atoms with Crippen LogP contribution in [-0.2, 0) is 14.3 Å². The summed E-state index contributed by atoms with van der Waals surface area (Å²) in [5.41, 5.74) is 0.668. The van der Waals surface area contributed by atoms with Gasteiger partial charge in [0.1, 0.15) is 11.5 Å². The Bertz CT molecular complexity index is 731. The molecule has 0 saturated heterocycles. The van der Waals surface area contributed by atoms with E-state index in [9.17, 15) is 18.3 Å². The molecular weight excluding hydrogens is 356 g/mol. The predicted molar refractivity (Wildman–Crippen MR) is 101 cm³/mol. The fourth-order valence-corrected chi connectivity index (χ4v) is 2.81. The molecule has 0 saturated carbocycles. The van der Waals surface area contributed by atoms with Crippen molar-refractivity contribution in [3.8, 4) is 11.5 Å². The summed E-state index contributed by atoms with van der Waals surface area (Å²) in [7, 11) is -3.44. The number of ether oxygens (including phenoxy) is 1. The SMILES string of the molecule is Cc1c(OCCC(C)COS(C)(=O)=O)ccc(C(=O)CC(C)(C)C)c1O. The molecule has 0 aliphatic heterocycles. The maximum Gasteiger partial charge on any atom is 0.264 e. The van der Waals surface area contributed by atoms with Crippen molar-refractivity contribution in [2.24, 2.45) is 11.3 Å². The highest BCUT2D eigenvalue weighted by Crippen LogP contribution is 2.33. The first-order valence-electron chi connectivity index (χ1n) is 8.63. The number of phenols is 1. The molecule has 0 bridgehead atoms. The van der Waals surface area contributed by atoms with Gasteiger partial charge in [0.05, 0.1) is 25.0 Å². The van der Waals surface area contributed by atoms with Crippen LogP contribution < -0.4 is 4.74 Å². The van der Waals surface area contributed by atoms with Crippen molar-refractivity contribution in [1.82, 2.24) is 0 Å². The van der Waals surface area contributed by atoms with E-state index < -0.39 is 10.1 Å². The molecule has 0 aliphatic rings. The first kappa shape index (κ1) is 22.4. The number of hydrogen-bond acceptors (Lipinski definition) is 6. The second kappa shape index (κ2) is 8.86. The van der Waals surface area contributed by atoms with Crippen LogP contribution >= 0.6 is 0 Å². The molecule has 0 spiro atoms. The lowest BCUT2D eigenvalue weighted by atomic mass is 9.87. The predicted octanol–water partition coefficient (Wildman–Crippen LogP) is 3.70. The molecule has 0 heterocycles. The zero-order valence-electron chi connectivity index (χ0n) is 16.5. The van der Waals surface area contributed by atoms with E-state index in [1.54, 1.807) is 19.1 Å². The van der Waals surface area contributed by atoms with E-state index >= 15 is 0 Å². The minimum atomic E-state index is -3.44. The first-order valence-corrected chi connectivity index (χ1v) is 10.4. The quantitative estimate of drug-likeness (QED) is 0.514. The van der Waals surface area contributed by atoms with E-state index in [1.807, 2.05) is 27.7 Å². The van der Waals surface area contributed by atoms with Gasteiger partial charge in [-0.2, -0.15) is 8.42 Å². The van der Waals surface area contributed by atoms with Crippen molar-refractivity contribution in [2.75, 3.05) is 19.5 Å². The molecule has 26 heavy (non-hydrogen) atoms. The summed E-state index contributed by atoms with van der Waals surface area (Å²) in [4.78, 5) is 12.3. The number of hydrogen-bond donors (Lipinski definition) is 1.